The molecular formula is C24H24BN7O2. The molecule has 170 valence electrons. The molecule has 1 N–H and O–H groups in total. The summed E-state index contributed by atoms with van der Waals surface area (Å²) in [5.41, 5.74) is 5.10. The second-order valence-electron chi connectivity index (χ2n) is 8.99. The number of piperidine rings is 1. The Labute approximate surface area is 196 Å². The smallest absolute Gasteiger partial charge is 0.327 e. The Morgan fingerprint density at radius 3 is 2.76 bits per heavy atom. The van der Waals surface area contributed by atoms with Crippen molar-refractivity contribution in [3.05, 3.63) is 70.7 Å². The highest BCUT2D eigenvalue weighted by Crippen LogP contribution is 2.30. The van der Waals surface area contributed by atoms with E-state index in [9.17, 15) is 9.59 Å². The van der Waals surface area contributed by atoms with E-state index in [4.69, 9.17) is 0 Å². The molecule has 0 unspecified atom stereocenters. The second-order valence-corrected chi connectivity index (χ2v) is 8.99. The summed E-state index contributed by atoms with van der Waals surface area (Å²) in [5.74, 6) is 0.645. The number of benzene rings is 1. The fourth-order valence-electron chi connectivity index (χ4n) is 5.19. The van der Waals surface area contributed by atoms with Crippen LogP contribution in [-0.4, -0.2) is 57.9 Å². The number of carbonyl (C=O) groups is 1. The standard InChI is InChI=1S/C24H24BN7O2/c25-16-3-4-19-15(12-16)5-11-31(19)23(33)18-13-21(28-14-27-18)30-9-6-17(7-10-30)32-20-2-1-8-26-22(20)29-24(32)34/h1-4,8,12-14,17H,5-7,9-11,25H2,(H,26,29,34). The van der Waals surface area contributed by atoms with Crippen LogP contribution in [0.2, 0.25) is 0 Å². The van der Waals surface area contributed by atoms with Gasteiger partial charge in [0.05, 0.1) is 5.52 Å². The van der Waals surface area contributed by atoms with Crippen LogP contribution in [-0.2, 0) is 6.42 Å². The van der Waals surface area contributed by atoms with Crippen LogP contribution in [0.3, 0.4) is 0 Å². The first-order valence-corrected chi connectivity index (χ1v) is 11.6. The van der Waals surface area contributed by atoms with Gasteiger partial charge in [0.2, 0.25) is 0 Å². The van der Waals surface area contributed by atoms with Crippen molar-refractivity contribution < 1.29 is 4.79 Å². The average molecular weight is 453 g/mol. The number of anilines is 2. The molecule has 0 bridgehead atoms. The fraction of sp³-hybridized carbons (Fsp3) is 0.292. The Hall–Kier alpha value is -3.95. The number of amides is 1. The molecule has 1 aromatic carbocycles. The first-order valence-electron chi connectivity index (χ1n) is 11.6. The molecular weight excluding hydrogens is 429 g/mol. The van der Waals surface area contributed by atoms with Gasteiger partial charge in [-0.2, -0.15) is 0 Å². The summed E-state index contributed by atoms with van der Waals surface area (Å²) >= 11 is 0. The third-order valence-electron chi connectivity index (χ3n) is 6.89. The number of rotatable bonds is 3. The van der Waals surface area contributed by atoms with Crippen LogP contribution in [0, 0.1) is 0 Å². The summed E-state index contributed by atoms with van der Waals surface area (Å²) in [6.45, 7) is 2.14. The molecule has 2 aliphatic rings. The van der Waals surface area contributed by atoms with Gasteiger partial charge in [0.15, 0.2) is 5.65 Å². The summed E-state index contributed by atoms with van der Waals surface area (Å²) < 4.78 is 1.82. The summed E-state index contributed by atoms with van der Waals surface area (Å²) in [5, 5.41) is 0. The minimum absolute atomic E-state index is 0.0918. The Bertz CT molecular complexity index is 1460. The van der Waals surface area contributed by atoms with Crippen molar-refractivity contribution in [1.29, 1.82) is 0 Å². The summed E-state index contributed by atoms with van der Waals surface area (Å²) in [7, 11) is 2.07. The quantitative estimate of drug-likeness (QED) is 0.461. The highest BCUT2D eigenvalue weighted by molar-refractivity contribution is 6.32. The Kier molecular flexibility index (Phi) is 4.93. The Balaban J connectivity index is 1.19. The summed E-state index contributed by atoms with van der Waals surface area (Å²) in [6.07, 6.45) is 5.61. The largest absolute Gasteiger partial charge is 0.356 e. The van der Waals surface area contributed by atoms with Crippen LogP contribution in [0.5, 0.6) is 0 Å². The SMILES string of the molecule is Bc1ccc2c(c1)CCN2C(=O)c1cc(N2CCC(n3c(=O)[nH]c4ncccc43)CC2)ncn1. The van der Waals surface area contributed by atoms with Gasteiger partial charge in [0.25, 0.3) is 5.91 Å². The van der Waals surface area contributed by atoms with Gasteiger partial charge in [-0.25, -0.2) is 19.7 Å². The van der Waals surface area contributed by atoms with Crippen molar-refractivity contribution in [3.63, 3.8) is 0 Å². The van der Waals surface area contributed by atoms with Gasteiger partial charge in [-0.05, 0) is 43.0 Å². The molecule has 6 rings (SSSR count). The van der Waals surface area contributed by atoms with E-state index >= 15 is 0 Å². The van der Waals surface area contributed by atoms with Crippen molar-refractivity contribution in [2.24, 2.45) is 0 Å². The number of aromatic nitrogens is 5. The molecule has 0 saturated carbocycles. The molecule has 9 nitrogen and oxygen atoms in total. The van der Waals surface area contributed by atoms with Crippen molar-refractivity contribution in [3.8, 4) is 0 Å². The van der Waals surface area contributed by atoms with E-state index in [1.165, 1.54) is 17.4 Å². The number of fused-ring (bicyclic) bond motifs is 2. The van der Waals surface area contributed by atoms with Crippen molar-refractivity contribution in [1.82, 2.24) is 24.5 Å². The monoisotopic (exact) mass is 453 g/mol. The third-order valence-corrected chi connectivity index (χ3v) is 6.89. The van der Waals surface area contributed by atoms with Crippen molar-refractivity contribution in [2.45, 2.75) is 25.3 Å². The van der Waals surface area contributed by atoms with Crippen molar-refractivity contribution in [2.75, 3.05) is 29.4 Å². The summed E-state index contributed by atoms with van der Waals surface area (Å²) in [6, 6.07) is 11.9. The van der Waals surface area contributed by atoms with E-state index in [1.54, 1.807) is 12.3 Å². The maximum absolute atomic E-state index is 13.3. The van der Waals surface area contributed by atoms with Gasteiger partial charge in [-0.1, -0.05) is 17.6 Å². The molecule has 34 heavy (non-hydrogen) atoms. The van der Waals surface area contributed by atoms with E-state index in [-0.39, 0.29) is 17.6 Å². The van der Waals surface area contributed by atoms with E-state index in [2.05, 4.69) is 38.7 Å². The number of hydrogen-bond acceptors (Lipinski definition) is 6. The number of carbonyl (C=O) groups excluding carboxylic acids is 1. The van der Waals surface area contributed by atoms with E-state index in [1.807, 2.05) is 33.7 Å². The molecule has 1 saturated heterocycles. The highest BCUT2D eigenvalue weighted by Gasteiger charge is 2.28. The predicted molar refractivity (Wildman–Crippen MR) is 133 cm³/mol. The Morgan fingerprint density at radius 1 is 1.06 bits per heavy atom. The van der Waals surface area contributed by atoms with E-state index < -0.39 is 0 Å². The van der Waals surface area contributed by atoms with E-state index in [0.717, 1.165) is 49.4 Å². The number of aromatic amines is 1. The normalized spacial score (nSPS) is 16.2. The molecule has 2 aliphatic heterocycles. The number of hydrogen-bond donors (Lipinski definition) is 1. The molecule has 0 aliphatic carbocycles. The van der Waals surface area contributed by atoms with E-state index in [0.29, 0.717) is 17.9 Å². The van der Waals surface area contributed by atoms with Gasteiger partial charge >= 0.3 is 5.69 Å². The Morgan fingerprint density at radius 2 is 1.91 bits per heavy atom. The zero-order valence-corrected chi connectivity index (χ0v) is 18.9. The minimum Gasteiger partial charge on any atom is -0.356 e. The van der Waals surface area contributed by atoms with Gasteiger partial charge < -0.3 is 9.80 Å². The van der Waals surface area contributed by atoms with Crippen LogP contribution in [0.4, 0.5) is 11.5 Å². The zero-order valence-electron chi connectivity index (χ0n) is 18.9. The van der Waals surface area contributed by atoms with Gasteiger partial charge in [-0.3, -0.25) is 14.3 Å². The first-order chi connectivity index (χ1) is 16.6. The topological polar surface area (TPSA) is 100 Å². The maximum atomic E-state index is 13.3. The number of nitrogens with zero attached hydrogens (tertiary/aromatic N) is 6. The first kappa shape index (κ1) is 20.6. The highest BCUT2D eigenvalue weighted by atomic mass is 16.2. The number of H-pyrrole nitrogens is 1. The maximum Gasteiger partial charge on any atom is 0.327 e. The third kappa shape index (κ3) is 3.46. The van der Waals surface area contributed by atoms with Crippen LogP contribution in [0.1, 0.15) is 34.9 Å². The number of nitrogens with one attached hydrogen (secondary N) is 1. The van der Waals surface area contributed by atoms with Crippen LogP contribution >= 0.6 is 0 Å². The van der Waals surface area contributed by atoms with Crippen LogP contribution in [0.25, 0.3) is 11.2 Å². The molecule has 10 heteroatoms. The minimum atomic E-state index is -0.122. The lowest BCUT2D eigenvalue weighted by molar-refractivity contribution is 0.0984. The number of imidazole rings is 1. The van der Waals surface area contributed by atoms with Gasteiger partial charge in [-0.15, -0.1) is 0 Å². The van der Waals surface area contributed by atoms with Gasteiger partial charge in [0, 0.05) is 43.6 Å². The molecule has 1 amide bonds. The fourth-order valence-corrected chi connectivity index (χ4v) is 5.19. The average Bonchev–Trinajstić information content (AvgIpc) is 3.43. The molecule has 0 radical (unpaired) electrons. The molecule has 5 heterocycles. The second kappa shape index (κ2) is 8.12. The summed E-state index contributed by atoms with van der Waals surface area (Å²) in [4.78, 5) is 45.6. The lowest BCUT2D eigenvalue weighted by Crippen LogP contribution is -2.37. The molecule has 0 spiro atoms. The lowest BCUT2D eigenvalue weighted by Gasteiger charge is -2.33. The molecule has 1 fully saturated rings. The van der Waals surface area contributed by atoms with Crippen molar-refractivity contribution >= 4 is 41.9 Å². The predicted octanol–water partition coefficient (Wildman–Crippen LogP) is 0.817. The molecule has 0 atom stereocenters. The lowest BCUT2D eigenvalue weighted by atomic mass is 9.93. The van der Waals surface area contributed by atoms with Crippen LogP contribution < -0.4 is 21.0 Å². The molecule has 4 aromatic rings. The zero-order chi connectivity index (χ0) is 23.2. The van der Waals surface area contributed by atoms with Gasteiger partial charge in [0.1, 0.15) is 25.7 Å². The number of pyridine rings is 1. The molecule has 3 aromatic heterocycles. The van der Waals surface area contributed by atoms with Crippen LogP contribution in [0.15, 0.2) is 53.7 Å².